The molecule has 34 heavy (non-hydrogen) atoms. The molecule has 4 atom stereocenters. The molecule has 4 rings (SSSR count). The Labute approximate surface area is 195 Å². The summed E-state index contributed by atoms with van der Waals surface area (Å²) in [5.74, 6) is 4.57. The molecule has 1 aliphatic heterocycles. The number of rotatable bonds is 6. The lowest BCUT2D eigenvalue weighted by atomic mass is 10.0. The van der Waals surface area contributed by atoms with Crippen LogP contribution >= 0.6 is 0 Å². The molecule has 1 saturated heterocycles. The molecule has 2 aromatic carbocycles. The number of hydrogen-bond donors (Lipinski definition) is 3. The number of aliphatic hydroxyl groups is 3. The first-order chi connectivity index (χ1) is 16.4. The number of ether oxygens (including phenoxy) is 2. The summed E-state index contributed by atoms with van der Waals surface area (Å²) in [6.45, 7) is 1.49. The maximum atomic E-state index is 14.7. The third kappa shape index (κ3) is 5.11. The van der Waals surface area contributed by atoms with E-state index in [0.717, 1.165) is 12.1 Å². The molecule has 0 radical (unpaired) electrons. The monoisotopic (exact) mass is 470 g/mol. The molecule has 9 heteroatoms. The van der Waals surface area contributed by atoms with Gasteiger partial charge in [-0.15, -0.1) is 0 Å². The first-order valence-corrected chi connectivity index (χ1v) is 10.7. The van der Waals surface area contributed by atoms with E-state index in [1.54, 1.807) is 42.0 Å². The van der Waals surface area contributed by atoms with E-state index in [1.807, 2.05) is 0 Å². The van der Waals surface area contributed by atoms with Crippen LogP contribution in [0.15, 0.2) is 48.8 Å². The van der Waals surface area contributed by atoms with Crippen LogP contribution in [-0.4, -0.2) is 56.9 Å². The molecule has 0 aliphatic carbocycles. The van der Waals surface area contributed by atoms with E-state index in [0.29, 0.717) is 17.0 Å². The Morgan fingerprint density at radius 1 is 1.21 bits per heavy atom. The van der Waals surface area contributed by atoms with Gasteiger partial charge in [-0.25, -0.2) is 13.8 Å². The fourth-order valence-corrected chi connectivity index (χ4v) is 3.65. The zero-order valence-corrected chi connectivity index (χ0v) is 18.4. The van der Waals surface area contributed by atoms with Gasteiger partial charge in [-0.3, -0.25) is 0 Å². The lowest BCUT2D eigenvalue weighted by molar-refractivity contribution is 0.0705. The van der Waals surface area contributed by atoms with Gasteiger partial charge in [0, 0.05) is 29.6 Å². The molecule has 3 aromatic rings. The summed E-state index contributed by atoms with van der Waals surface area (Å²) in [6.07, 6.45) is 0.697. The second-order valence-electron chi connectivity index (χ2n) is 7.94. The van der Waals surface area contributed by atoms with E-state index in [-0.39, 0.29) is 31.1 Å². The van der Waals surface area contributed by atoms with Gasteiger partial charge in [-0.2, -0.15) is 0 Å². The highest BCUT2D eigenvalue weighted by Gasteiger charge is 2.29. The molecule has 0 amide bonds. The van der Waals surface area contributed by atoms with Crippen LogP contribution in [0.2, 0.25) is 0 Å². The van der Waals surface area contributed by atoms with Crippen molar-refractivity contribution in [1.29, 1.82) is 0 Å². The number of imidazole rings is 1. The molecule has 1 aromatic heterocycles. The molecule has 0 saturated carbocycles. The van der Waals surface area contributed by atoms with Gasteiger partial charge in [-0.05, 0) is 30.7 Å². The lowest BCUT2D eigenvalue weighted by Gasteiger charge is -2.16. The molecular formula is C25H24F2N2O5. The van der Waals surface area contributed by atoms with Crippen molar-refractivity contribution >= 4 is 0 Å². The molecule has 1 fully saturated rings. The van der Waals surface area contributed by atoms with E-state index in [2.05, 4.69) is 16.8 Å². The normalized spacial score (nSPS) is 19.4. The predicted molar refractivity (Wildman–Crippen MR) is 119 cm³/mol. The second-order valence-corrected chi connectivity index (χ2v) is 7.94. The fourth-order valence-electron chi connectivity index (χ4n) is 3.65. The van der Waals surface area contributed by atoms with Crippen LogP contribution in [0.25, 0.3) is 11.1 Å². The van der Waals surface area contributed by atoms with Gasteiger partial charge < -0.3 is 29.4 Å². The number of halogens is 2. The molecular weight excluding hydrogens is 446 g/mol. The Hall–Kier alpha value is -3.29. The summed E-state index contributed by atoms with van der Waals surface area (Å²) in [5, 5.41) is 29.3. The van der Waals surface area contributed by atoms with E-state index in [1.165, 1.54) is 6.20 Å². The largest absolute Gasteiger partial charge is 0.482 e. The highest BCUT2D eigenvalue weighted by Crippen LogP contribution is 2.30. The SMILES string of the molecule is C[C@H](O)c1nccn1[C@@H](C#Cc1ccc(-c2cc(F)c(OC3COC[C@H]3O)cc2F)cc1)CO. The van der Waals surface area contributed by atoms with Crippen LogP contribution in [0, 0.1) is 23.5 Å². The van der Waals surface area contributed by atoms with E-state index < -0.39 is 36.0 Å². The van der Waals surface area contributed by atoms with Crippen molar-refractivity contribution < 1.29 is 33.6 Å². The Morgan fingerprint density at radius 2 is 1.97 bits per heavy atom. The summed E-state index contributed by atoms with van der Waals surface area (Å²) in [6, 6.07) is 7.95. The van der Waals surface area contributed by atoms with Gasteiger partial charge in [0.15, 0.2) is 17.7 Å². The zero-order valence-electron chi connectivity index (χ0n) is 18.4. The molecule has 1 unspecified atom stereocenters. The first-order valence-electron chi connectivity index (χ1n) is 10.7. The average Bonchev–Trinajstić information content (AvgIpc) is 3.47. The quantitative estimate of drug-likeness (QED) is 0.480. The van der Waals surface area contributed by atoms with E-state index >= 15 is 0 Å². The molecule has 2 heterocycles. The van der Waals surface area contributed by atoms with Crippen molar-refractivity contribution in [2.45, 2.75) is 31.3 Å². The van der Waals surface area contributed by atoms with Crippen molar-refractivity contribution in [3.63, 3.8) is 0 Å². The molecule has 3 N–H and O–H groups in total. The van der Waals surface area contributed by atoms with Crippen LogP contribution in [0.5, 0.6) is 5.75 Å². The Kier molecular flexibility index (Phi) is 7.24. The topological polar surface area (TPSA) is 97.0 Å². The minimum atomic E-state index is -0.895. The van der Waals surface area contributed by atoms with Crippen LogP contribution in [-0.2, 0) is 4.74 Å². The highest BCUT2D eigenvalue weighted by atomic mass is 19.1. The standard InChI is InChI=1S/C25H24F2N2O5/c1-15(31)25-28-8-9-29(25)18(12-30)7-4-16-2-5-17(6-3-16)19-10-21(27)23(11-20(19)26)34-24-14-33-13-22(24)32/h2-3,5-6,8-11,15,18,22,24,30-32H,12-14H2,1H3/t15-,18-,22+,24?/m0/s1. The van der Waals surface area contributed by atoms with Crippen molar-refractivity contribution in [1.82, 2.24) is 9.55 Å². The van der Waals surface area contributed by atoms with Gasteiger partial charge in [0.05, 0.1) is 19.8 Å². The number of aromatic nitrogens is 2. The average molecular weight is 470 g/mol. The van der Waals surface area contributed by atoms with Gasteiger partial charge in [-0.1, -0.05) is 24.0 Å². The van der Waals surface area contributed by atoms with Gasteiger partial charge in [0.1, 0.15) is 29.9 Å². The second kappa shape index (κ2) is 10.3. The minimum Gasteiger partial charge on any atom is -0.482 e. The van der Waals surface area contributed by atoms with Crippen molar-refractivity contribution in [3.8, 4) is 28.7 Å². The highest BCUT2D eigenvalue weighted by molar-refractivity contribution is 5.66. The summed E-state index contributed by atoms with van der Waals surface area (Å²) in [7, 11) is 0. The van der Waals surface area contributed by atoms with Crippen LogP contribution in [0.3, 0.4) is 0 Å². The Morgan fingerprint density at radius 3 is 2.62 bits per heavy atom. The van der Waals surface area contributed by atoms with Crippen molar-refractivity contribution in [2.75, 3.05) is 19.8 Å². The summed E-state index contributed by atoms with van der Waals surface area (Å²) in [4.78, 5) is 4.08. The molecule has 0 spiro atoms. The van der Waals surface area contributed by atoms with Gasteiger partial charge in [0.25, 0.3) is 0 Å². The smallest absolute Gasteiger partial charge is 0.165 e. The summed E-state index contributed by atoms with van der Waals surface area (Å²) < 4.78 is 41.3. The van der Waals surface area contributed by atoms with Gasteiger partial charge >= 0.3 is 0 Å². The van der Waals surface area contributed by atoms with Crippen LogP contribution in [0.1, 0.15) is 30.5 Å². The maximum Gasteiger partial charge on any atom is 0.165 e. The molecule has 1 aliphatic rings. The van der Waals surface area contributed by atoms with Crippen LogP contribution in [0.4, 0.5) is 8.78 Å². The summed E-state index contributed by atoms with van der Waals surface area (Å²) >= 11 is 0. The molecule has 178 valence electrons. The van der Waals surface area contributed by atoms with Gasteiger partial charge in [0.2, 0.25) is 0 Å². The Balaban J connectivity index is 1.52. The third-order valence-electron chi connectivity index (χ3n) is 5.46. The van der Waals surface area contributed by atoms with Crippen molar-refractivity contribution in [2.24, 2.45) is 0 Å². The third-order valence-corrected chi connectivity index (χ3v) is 5.46. The maximum absolute atomic E-state index is 14.7. The number of aliphatic hydroxyl groups excluding tert-OH is 3. The number of nitrogens with zero attached hydrogens (tertiary/aromatic N) is 2. The zero-order chi connectivity index (χ0) is 24.2. The van der Waals surface area contributed by atoms with E-state index in [9.17, 15) is 24.1 Å². The number of benzene rings is 2. The first kappa shape index (κ1) is 23.9. The van der Waals surface area contributed by atoms with Crippen molar-refractivity contribution in [3.05, 3.63) is 71.8 Å². The predicted octanol–water partition coefficient (Wildman–Crippen LogP) is 2.61. The number of hydrogen-bond acceptors (Lipinski definition) is 6. The molecule has 0 bridgehead atoms. The lowest BCUT2D eigenvalue weighted by Crippen LogP contribution is -2.30. The van der Waals surface area contributed by atoms with Crippen LogP contribution < -0.4 is 4.74 Å². The minimum absolute atomic E-state index is 0.0563. The fraction of sp³-hybridized carbons (Fsp3) is 0.320. The summed E-state index contributed by atoms with van der Waals surface area (Å²) in [5.41, 5.74) is 1.11. The molecule has 7 nitrogen and oxygen atoms in total. The Bertz CT molecular complexity index is 1200. The van der Waals surface area contributed by atoms with E-state index in [4.69, 9.17) is 9.47 Å².